The van der Waals surface area contributed by atoms with Crippen molar-refractivity contribution in [3.8, 4) is 0 Å². The zero-order valence-electron chi connectivity index (χ0n) is 10.3. The first kappa shape index (κ1) is 15.6. The molecule has 0 aliphatic heterocycles. The van der Waals surface area contributed by atoms with Crippen molar-refractivity contribution < 1.29 is 19.1 Å². The Bertz CT molecular complexity index is 465. The summed E-state index contributed by atoms with van der Waals surface area (Å²) in [6.07, 6.45) is 1.12. The maximum Gasteiger partial charge on any atom is 0.303 e. The van der Waals surface area contributed by atoms with Gasteiger partial charge < -0.3 is 10.4 Å². The van der Waals surface area contributed by atoms with Crippen molar-refractivity contribution in [2.24, 2.45) is 0 Å². The van der Waals surface area contributed by atoms with Crippen molar-refractivity contribution >= 4 is 27.8 Å². The summed E-state index contributed by atoms with van der Waals surface area (Å²) in [6, 6.07) is 4.34. The van der Waals surface area contributed by atoms with E-state index in [-0.39, 0.29) is 24.6 Å². The molecule has 19 heavy (non-hydrogen) atoms. The van der Waals surface area contributed by atoms with Crippen molar-refractivity contribution in [2.45, 2.75) is 25.7 Å². The second-order valence-corrected chi connectivity index (χ2v) is 4.94. The van der Waals surface area contributed by atoms with E-state index < -0.39 is 5.97 Å². The summed E-state index contributed by atoms with van der Waals surface area (Å²) in [4.78, 5) is 21.8. The Morgan fingerprint density at radius 2 is 2.05 bits per heavy atom. The normalized spacial score (nSPS) is 10.2. The standard InChI is InChI=1S/C13H15BrFNO3/c14-11-5-4-10(15)8-9(11)3-6-12(17)16-7-1-2-13(18)19/h4-5,8H,1-3,6-7H2,(H,16,17)(H,18,19). The van der Waals surface area contributed by atoms with Crippen LogP contribution in [0, 0.1) is 5.82 Å². The number of aryl methyl sites for hydroxylation is 1. The van der Waals surface area contributed by atoms with E-state index in [1.807, 2.05) is 0 Å². The van der Waals surface area contributed by atoms with Crippen molar-refractivity contribution in [1.82, 2.24) is 5.32 Å². The van der Waals surface area contributed by atoms with Crippen LogP contribution in [0.1, 0.15) is 24.8 Å². The molecule has 0 aliphatic rings. The van der Waals surface area contributed by atoms with E-state index in [1.54, 1.807) is 6.07 Å². The smallest absolute Gasteiger partial charge is 0.303 e. The Morgan fingerprint density at radius 1 is 1.32 bits per heavy atom. The van der Waals surface area contributed by atoms with E-state index in [0.29, 0.717) is 19.4 Å². The van der Waals surface area contributed by atoms with Gasteiger partial charge in [0.25, 0.3) is 0 Å². The molecule has 0 radical (unpaired) electrons. The van der Waals surface area contributed by atoms with Gasteiger partial charge in [-0.1, -0.05) is 15.9 Å². The Morgan fingerprint density at radius 3 is 2.74 bits per heavy atom. The Hall–Kier alpha value is -1.43. The number of carboxylic acid groups (broad SMARTS) is 1. The summed E-state index contributed by atoms with van der Waals surface area (Å²) in [7, 11) is 0. The van der Waals surface area contributed by atoms with E-state index in [4.69, 9.17) is 5.11 Å². The highest BCUT2D eigenvalue weighted by Gasteiger charge is 2.06. The maximum atomic E-state index is 13.0. The second kappa shape index (κ2) is 7.89. The maximum absolute atomic E-state index is 13.0. The third kappa shape index (κ3) is 6.33. The fraction of sp³-hybridized carbons (Fsp3) is 0.385. The van der Waals surface area contributed by atoms with E-state index in [2.05, 4.69) is 21.2 Å². The Labute approximate surface area is 119 Å². The SMILES string of the molecule is O=C(O)CCCNC(=O)CCc1cc(F)ccc1Br. The van der Waals surface area contributed by atoms with Gasteiger partial charge >= 0.3 is 5.97 Å². The van der Waals surface area contributed by atoms with Crippen molar-refractivity contribution in [1.29, 1.82) is 0 Å². The number of aliphatic carboxylic acids is 1. The summed E-state index contributed by atoms with van der Waals surface area (Å²) in [5.74, 6) is -1.38. The quantitative estimate of drug-likeness (QED) is 0.754. The van der Waals surface area contributed by atoms with Gasteiger partial charge in [0.1, 0.15) is 5.82 Å². The van der Waals surface area contributed by atoms with Crippen molar-refractivity contribution in [3.63, 3.8) is 0 Å². The fourth-order valence-corrected chi connectivity index (χ4v) is 1.98. The molecule has 0 saturated carbocycles. The molecule has 0 spiro atoms. The van der Waals surface area contributed by atoms with Gasteiger partial charge in [-0.3, -0.25) is 9.59 Å². The van der Waals surface area contributed by atoms with Gasteiger partial charge in [-0.2, -0.15) is 0 Å². The molecule has 0 heterocycles. The molecule has 2 N–H and O–H groups in total. The first-order valence-corrected chi connectivity index (χ1v) is 6.71. The molecule has 0 fully saturated rings. The number of rotatable bonds is 7. The van der Waals surface area contributed by atoms with E-state index in [1.165, 1.54) is 12.1 Å². The largest absolute Gasteiger partial charge is 0.481 e. The highest BCUT2D eigenvalue weighted by molar-refractivity contribution is 9.10. The first-order valence-electron chi connectivity index (χ1n) is 5.91. The third-order valence-electron chi connectivity index (χ3n) is 2.52. The molecule has 1 aromatic rings. The summed E-state index contributed by atoms with van der Waals surface area (Å²) in [5.41, 5.74) is 0.737. The minimum Gasteiger partial charge on any atom is -0.481 e. The van der Waals surface area contributed by atoms with Crippen LogP contribution < -0.4 is 5.32 Å². The lowest BCUT2D eigenvalue weighted by Crippen LogP contribution is -2.25. The Kier molecular flexibility index (Phi) is 6.49. The average Bonchev–Trinajstić information content (AvgIpc) is 2.35. The average molecular weight is 332 g/mol. The van der Waals surface area contributed by atoms with Crippen LogP contribution in [0.15, 0.2) is 22.7 Å². The van der Waals surface area contributed by atoms with Crippen LogP contribution in [0.3, 0.4) is 0 Å². The number of amides is 1. The van der Waals surface area contributed by atoms with Gasteiger partial charge in [0, 0.05) is 23.9 Å². The summed E-state index contributed by atoms with van der Waals surface area (Å²) >= 11 is 3.30. The summed E-state index contributed by atoms with van der Waals surface area (Å²) < 4.78 is 13.8. The molecule has 6 heteroatoms. The topological polar surface area (TPSA) is 66.4 Å². The number of halogens is 2. The number of hydrogen-bond acceptors (Lipinski definition) is 2. The van der Waals surface area contributed by atoms with Gasteiger partial charge in [0.05, 0.1) is 0 Å². The highest BCUT2D eigenvalue weighted by Crippen LogP contribution is 2.19. The zero-order chi connectivity index (χ0) is 14.3. The van der Waals surface area contributed by atoms with Crippen LogP contribution >= 0.6 is 15.9 Å². The van der Waals surface area contributed by atoms with E-state index in [0.717, 1.165) is 10.0 Å². The van der Waals surface area contributed by atoms with Gasteiger partial charge in [-0.05, 0) is 36.6 Å². The van der Waals surface area contributed by atoms with Gasteiger partial charge in [0.15, 0.2) is 0 Å². The lowest BCUT2D eigenvalue weighted by molar-refractivity contribution is -0.137. The Balaban J connectivity index is 2.30. The van der Waals surface area contributed by atoms with E-state index >= 15 is 0 Å². The lowest BCUT2D eigenvalue weighted by Gasteiger charge is -2.06. The highest BCUT2D eigenvalue weighted by atomic mass is 79.9. The molecule has 1 aromatic carbocycles. The molecule has 4 nitrogen and oxygen atoms in total. The number of benzene rings is 1. The molecule has 0 bridgehead atoms. The first-order chi connectivity index (χ1) is 8.99. The van der Waals surface area contributed by atoms with Crippen LogP contribution in [0.25, 0.3) is 0 Å². The molecule has 1 amide bonds. The van der Waals surface area contributed by atoms with Gasteiger partial charge in [0.2, 0.25) is 5.91 Å². The van der Waals surface area contributed by atoms with Gasteiger partial charge in [-0.25, -0.2) is 4.39 Å². The number of nitrogens with one attached hydrogen (secondary N) is 1. The summed E-state index contributed by atoms with van der Waals surface area (Å²) in [6.45, 7) is 0.343. The molecule has 0 saturated heterocycles. The zero-order valence-corrected chi connectivity index (χ0v) is 11.9. The third-order valence-corrected chi connectivity index (χ3v) is 3.29. The molecule has 104 valence electrons. The van der Waals surface area contributed by atoms with Crippen LogP contribution in [0.5, 0.6) is 0 Å². The molecule has 0 unspecified atom stereocenters. The molecule has 0 atom stereocenters. The lowest BCUT2D eigenvalue weighted by atomic mass is 10.1. The fourth-order valence-electron chi connectivity index (χ4n) is 1.54. The van der Waals surface area contributed by atoms with Crippen molar-refractivity contribution in [2.75, 3.05) is 6.54 Å². The van der Waals surface area contributed by atoms with Crippen molar-refractivity contribution in [3.05, 3.63) is 34.1 Å². The summed E-state index contributed by atoms with van der Waals surface area (Å²) in [5, 5.41) is 11.1. The minimum atomic E-state index is -0.877. The van der Waals surface area contributed by atoms with Crippen LogP contribution in [-0.2, 0) is 16.0 Å². The number of hydrogen-bond donors (Lipinski definition) is 2. The molecule has 1 rings (SSSR count). The molecule has 0 aromatic heterocycles. The van der Waals surface area contributed by atoms with Crippen LogP contribution in [0.4, 0.5) is 4.39 Å². The predicted molar refractivity (Wildman–Crippen MR) is 72.3 cm³/mol. The minimum absolute atomic E-state index is 0.0374. The number of carbonyl (C=O) groups excluding carboxylic acids is 1. The van der Waals surface area contributed by atoms with E-state index in [9.17, 15) is 14.0 Å². The van der Waals surface area contributed by atoms with Crippen LogP contribution in [-0.4, -0.2) is 23.5 Å². The molecule has 0 aliphatic carbocycles. The molecular weight excluding hydrogens is 317 g/mol. The molecular formula is C13H15BrFNO3. The predicted octanol–water partition coefficient (Wildman–Crippen LogP) is 2.50. The second-order valence-electron chi connectivity index (χ2n) is 4.08. The van der Waals surface area contributed by atoms with Gasteiger partial charge in [-0.15, -0.1) is 0 Å². The number of carboxylic acids is 1. The number of carbonyl (C=O) groups is 2. The monoisotopic (exact) mass is 331 g/mol. The van der Waals surface area contributed by atoms with Crippen LogP contribution in [0.2, 0.25) is 0 Å².